The fourth-order valence-corrected chi connectivity index (χ4v) is 2.09. The molecular weight excluding hydrogens is 274 g/mol. The molecule has 0 amide bonds. The van der Waals surface area contributed by atoms with Crippen LogP contribution in [0.4, 0.5) is 8.78 Å². The molecule has 1 aromatic rings. The molecule has 1 saturated carbocycles. The summed E-state index contributed by atoms with van der Waals surface area (Å²) < 4.78 is 30.2. The third kappa shape index (κ3) is 6.52. The molecule has 1 fully saturated rings. The Bertz CT molecular complexity index is 447. The predicted octanol–water partition coefficient (Wildman–Crippen LogP) is 4.75. The molecular formula is C17H22F2O2. The summed E-state index contributed by atoms with van der Waals surface area (Å²) in [4.78, 5) is 11.4. The van der Waals surface area contributed by atoms with Crippen LogP contribution in [0.25, 0.3) is 0 Å². The fraction of sp³-hybridized carbons (Fsp3) is 0.471. The van der Waals surface area contributed by atoms with Gasteiger partial charge in [0.05, 0.1) is 0 Å². The molecule has 0 N–H and O–H groups in total. The predicted molar refractivity (Wildman–Crippen MR) is 79.0 cm³/mol. The normalized spacial score (nSPS) is 16.8. The molecule has 4 heteroatoms. The number of carbonyl (C=O) groups is 1. The van der Waals surface area contributed by atoms with Gasteiger partial charge >= 0.3 is 5.97 Å². The second-order valence-corrected chi connectivity index (χ2v) is 4.86. The van der Waals surface area contributed by atoms with E-state index in [1.807, 2.05) is 44.2 Å². The average Bonchev–Trinajstić information content (AvgIpc) is 2.46. The van der Waals surface area contributed by atoms with E-state index in [2.05, 4.69) is 0 Å². The summed E-state index contributed by atoms with van der Waals surface area (Å²) in [6, 6.07) is 9.37. The van der Waals surface area contributed by atoms with Crippen LogP contribution in [0.15, 0.2) is 42.5 Å². The Balaban J connectivity index is 0.00000106. The summed E-state index contributed by atoms with van der Waals surface area (Å²) in [5, 5.41) is 0. The van der Waals surface area contributed by atoms with Gasteiger partial charge in [0, 0.05) is 18.9 Å². The number of halogens is 2. The first-order valence-corrected chi connectivity index (χ1v) is 7.30. The van der Waals surface area contributed by atoms with Crippen LogP contribution in [0.1, 0.15) is 38.7 Å². The Morgan fingerprint density at radius 1 is 1.29 bits per heavy atom. The summed E-state index contributed by atoms with van der Waals surface area (Å²) in [6.07, 6.45) is 3.30. The summed E-state index contributed by atoms with van der Waals surface area (Å²) in [5.41, 5.74) is 0.919. The number of hydrogen-bond acceptors (Lipinski definition) is 2. The molecule has 21 heavy (non-hydrogen) atoms. The molecule has 0 unspecified atom stereocenters. The maximum absolute atomic E-state index is 12.6. The fourth-order valence-electron chi connectivity index (χ4n) is 2.09. The van der Waals surface area contributed by atoms with Crippen molar-refractivity contribution < 1.29 is 18.3 Å². The minimum absolute atomic E-state index is 0.00632. The highest BCUT2D eigenvalue weighted by atomic mass is 19.3. The Morgan fingerprint density at radius 3 is 2.48 bits per heavy atom. The standard InChI is InChI=1S/C15H16F2O2.C2H6/c16-15(17)9-13(10-15)7-4-8-14(18)19-11-12-5-2-1-3-6-12;1-2/h1-6,8,13H,7,9-11H2;1-2H3/b8-4-;. The van der Waals surface area contributed by atoms with Crippen LogP contribution < -0.4 is 0 Å². The van der Waals surface area contributed by atoms with Crippen molar-refractivity contribution in [3.05, 3.63) is 48.0 Å². The minimum Gasteiger partial charge on any atom is -0.458 e. The molecule has 0 radical (unpaired) electrons. The quantitative estimate of drug-likeness (QED) is 0.579. The number of hydrogen-bond donors (Lipinski definition) is 0. The molecule has 2 nitrogen and oxygen atoms in total. The van der Waals surface area contributed by atoms with Crippen molar-refractivity contribution in [1.82, 2.24) is 0 Å². The summed E-state index contributed by atoms with van der Waals surface area (Å²) in [7, 11) is 0. The molecule has 116 valence electrons. The van der Waals surface area contributed by atoms with Crippen LogP contribution in [-0.4, -0.2) is 11.9 Å². The van der Waals surface area contributed by atoms with Crippen molar-refractivity contribution in [2.75, 3.05) is 0 Å². The van der Waals surface area contributed by atoms with E-state index in [9.17, 15) is 13.6 Å². The van der Waals surface area contributed by atoms with Crippen LogP contribution in [0.3, 0.4) is 0 Å². The largest absolute Gasteiger partial charge is 0.458 e. The molecule has 0 heterocycles. The first-order chi connectivity index (χ1) is 10.1. The topological polar surface area (TPSA) is 26.3 Å². The van der Waals surface area contributed by atoms with E-state index in [4.69, 9.17) is 4.74 Å². The number of alkyl halides is 2. The summed E-state index contributed by atoms with van der Waals surface area (Å²) in [6.45, 7) is 4.23. The van der Waals surface area contributed by atoms with Crippen molar-refractivity contribution in [2.45, 2.75) is 45.6 Å². The van der Waals surface area contributed by atoms with Gasteiger partial charge in [0.2, 0.25) is 5.92 Å². The van der Waals surface area contributed by atoms with E-state index in [1.54, 1.807) is 6.08 Å². The zero-order valence-corrected chi connectivity index (χ0v) is 12.5. The van der Waals surface area contributed by atoms with Crippen LogP contribution in [0.5, 0.6) is 0 Å². The van der Waals surface area contributed by atoms with Gasteiger partial charge in [-0.3, -0.25) is 0 Å². The molecule has 0 bridgehead atoms. The van der Waals surface area contributed by atoms with Gasteiger partial charge in [0.25, 0.3) is 0 Å². The number of rotatable bonds is 5. The van der Waals surface area contributed by atoms with Crippen molar-refractivity contribution in [2.24, 2.45) is 5.92 Å². The van der Waals surface area contributed by atoms with Gasteiger partial charge in [-0.1, -0.05) is 50.3 Å². The first-order valence-electron chi connectivity index (χ1n) is 7.30. The Morgan fingerprint density at radius 2 is 1.90 bits per heavy atom. The van der Waals surface area contributed by atoms with Gasteiger partial charge in [0.1, 0.15) is 6.61 Å². The molecule has 1 aliphatic carbocycles. The lowest BCUT2D eigenvalue weighted by molar-refractivity contribution is -0.139. The highest BCUT2D eigenvalue weighted by Crippen LogP contribution is 2.44. The van der Waals surface area contributed by atoms with Gasteiger partial charge in [-0.15, -0.1) is 0 Å². The van der Waals surface area contributed by atoms with E-state index < -0.39 is 11.9 Å². The molecule has 1 aromatic carbocycles. The summed E-state index contributed by atoms with van der Waals surface area (Å²) in [5.74, 6) is -2.94. The van der Waals surface area contributed by atoms with Gasteiger partial charge in [-0.25, -0.2) is 13.6 Å². The molecule has 0 spiro atoms. The third-order valence-corrected chi connectivity index (χ3v) is 3.12. The van der Waals surface area contributed by atoms with E-state index in [0.717, 1.165) is 5.56 Å². The smallest absolute Gasteiger partial charge is 0.330 e. The number of benzene rings is 1. The second-order valence-electron chi connectivity index (χ2n) is 4.86. The van der Waals surface area contributed by atoms with Crippen molar-refractivity contribution >= 4 is 5.97 Å². The minimum atomic E-state index is -2.49. The van der Waals surface area contributed by atoms with E-state index in [-0.39, 0.29) is 25.4 Å². The van der Waals surface area contributed by atoms with E-state index in [0.29, 0.717) is 6.42 Å². The summed E-state index contributed by atoms with van der Waals surface area (Å²) >= 11 is 0. The molecule has 0 atom stereocenters. The molecule has 0 aromatic heterocycles. The number of ether oxygens (including phenoxy) is 1. The first kappa shape index (κ1) is 17.3. The van der Waals surface area contributed by atoms with Crippen molar-refractivity contribution in [3.8, 4) is 0 Å². The third-order valence-electron chi connectivity index (χ3n) is 3.12. The number of carbonyl (C=O) groups excluding carboxylic acids is 1. The number of allylic oxidation sites excluding steroid dienone is 1. The Hall–Kier alpha value is -1.71. The number of esters is 1. The maximum Gasteiger partial charge on any atom is 0.330 e. The second kappa shape index (κ2) is 8.55. The van der Waals surface area contributed by atoms with Crippen LogP contribution in [-0.2, 0) is 16.1 Å². The lowest BCUT2D eigenvalue weighted by Gasteiger charge is -2.34. The zero-order valence-electron chi connectivity index (χ0n) is 12.5. The molecule has 0 saturated heterocycles. The zero-order chi connectivity index (χ0) is 15.7. The molecule has 2 rings (SSSR count). The monoisotopic (exact) mass is 296 g/mol. The van der Waals surface area contributed by atoms with E-state index >= 15 is 0 Å². The lowest BCUT2D eigenvalue weighted by Crippen LogP contribution is -2.34. The van der Waals surface area contributed by atoms with Gasteiger partial charge in [-0.2, -0.15) is 0 Å². The van der Waals surface area contributed by atoms with Crippen molar-refractivity contribution in [3.63, 3.8) is 0 Å². The van der Waals surface area contributed by atoms with Crippen LogP contribution in [0, 0.1) is 5.92 Å². The lowest BCUT2D eigenvalue weighted by atomic mass is 9.79. The SMILES string of the molecule is CC.O=C(/C=C\CC1CC(F)(F)C1)OCc1ccccc1. The Kier molecular flexibility index (Phi) is 7.06. The highest BCUT2D eigenvalue weighted by Gasteiger charge is 2.44. The van der Waals surface area contributed by atoms with Gasteiger partial charge in [-0.05, 0) is 17.9 Å². The van der Waals surface area contributed by atoms with Crippen LogP contribution >= 0.6 is 0 Å². The maximum atomic E-state index is 12.6. The van der Waals surface area contributed by atoms with Crippen LogP contribution in [0.2, 0.25) is 0 Å². The van der Waals surface area contributed by atoms with Crippen molar-refractivity contribution in [1.29, 1.82) is 0 Å². The van der Waals surface area contributed by atoms with Gasteiger partial charge in [0.15, 0.2) is 0 Å². The molecule has 0 aliphatic heterocycles. The Labute approximate surface area is 124 Å². The van der Waals surface area contributed by atoms with E-state index in [1.165, 1.54) is 6.08 Å². The van der Waals surface area contributed by atoms with Gasteiger partial charge < -0.3 is 4.74 Å². The average molecular weight is 296 g/mol. The highest BCUT2D eigenvalue weighted by molar-refractivity contribution is 5.81. The molecule has 1 aliphatic rings.